The zero-order valence-corrected chi connectivity index (χ0v) is 20.8. The van der Waals surface area contributed by atoms with Gasteiger partial charge < -0.3 is 14.8 Å². The summed E-state index contributed by atoms with van der Waals surface area (Å²) in [5.41, 5.74) is 1.56. The lowest BCUT2D eigenvalue weighted by Gasteiger charge is -2.21. The largest absolute Gasteiger partial charge is 0.471 e. The minimum Gasteiger partial charge on any atom is -0.471 e. The molecule has 0 aliphatic carbocycles. The van der Waals surface area contributed by atoms with Crippen molar-refractivity contribution in [2.45, 2.75) is 18.6 Å². The number of ether oxygens (including phenoxy) is 2. The third-order valence-corrected chi connectivity index (χ3v) is 6.45. The average Bonchev–Trinajstić information content (AvgIpc) is 3.39. The zero-order chi connectivity index (χ0) is 25.7. The highest BCUT2D eigenvalue weighted by molar-refractivity contribution is 6.34. The van der Waals surface area contributed by atoms with Gasteiger partial charge in [0.2, 0.25) is 0 Å². The van der Waals surface area contributed by atoms with Gasteiger partial charge in [-0.15, -0.1) is 5.10 Å². The summed E-state index contributed by atoms with van der Waals surface area (Å²) in [5, 5.41) is 10.1. The molecule has 11 heteroatoms. The van der Waals surface area contributed by atoms with E-state index in [0.717, 1.165) is 11.6 Å². The molecule has 2 amide bonds. The fourth-order valence-corrected chi connectivity index (χ4v) is 4.52. The van der Waals surface area contributed by atoms with Gasteiger partial charge in [0.15, 0.2) is 17.5 Å². The number of urea groups is 1. The number of likely N-dealkylation sites (tertiary alicyclic amines) is 1. The molecule has 0 spiro atoms. The fraction of sp³-hybridized carbons (Fsp3) is 0.360. The van der Waals surface area contributed by atoms with E-state index in [1.807, 2.05) is 30.3 Å². The van der Waals surface area contributed by atoms with Gasteiger partial charge in [0.1, 0.15) is 11.6 Å². The summed E-state index contributed by atoms with van der Waals surface area (Å²) >= 11 is 6.44. The number of carbonyl (C=O) groups excluding carboxylic acids is 1. The minimum atomic E-state index is -0.921. The number of benzene rings is 2. The standard InChI is InChI=1S/C25H28ClF2N5O3/c1-32-23(22(26)24(31-32)36-15-16-6-4-3-5-7-16)30-25(34)29-21-14-33(10-11-35-2)13-18(21)17-8-9-19(27)20(28)12-17/h3-9,12,18,21H,10-11,13-15H2,1-2H3,(H2,29,30,34). The molecule has 4 rings (SSSR count). The Balaban J connectivity index is 1.44. The molecule has 36 heavy (non-hydrogen) atoms. The van der Waals surface area contributed by atoms with Gasteiger partial charge in [0.25, 0.3) is 5.88 Å². The molecule has 1 fully saturated rings. The van der Waals surface area contributed by atoms with Crippen LogP contribution in [0.5, 0.6) is 5.88 Å². The number of nitrogens with one attached hydrogen (secondary N) is 2. The number of anilines is 1. The molecular formula is C25H28ClF2N5O3. The number of halogens is 3. The van der Waals surface area contributed by atoms with Crippen LogP contribution >= 0.6 is 11.6 Å². The highest BCUT2D eigenvalue weighted by Gasteiger charge is 2.35. The van der Waals surface area contributed by atoms with Crippen LogP contribution in [0.4, 0.5) is 19.4 Å². The van der Waals surface area contributed by atoms with E-state index in [2.05, 4.69) is 20.6 Å². The molecule has 2 N–H and O–H groups in total. The van der Waals surface area contributed by atoms with Crippen LogP contribution in [0.1, 0.15) is 17.0 Å². The van der Waals surface area contributed by atoms with Gasteiger partial charge in [-0.3, -0.25) is 10.2 Å². The van der Waals surface area contributed by atoms with E-state index >= 15 is 0 Å². The van der Waals surface area contributed by atoms with E-state index < -0.39 is 17.7 Å². The minimum absolute atomic E-state index is 0.175. The predicted molar refractivity (Wildman–Crippen MR) is 132 cm³/mol. The lowest BCUT2D eigenvalue weighted by Crippen LogP contribution is -2.42. The first-order chi connectivity index (χ1) is 17.4. The van der Waals surface area contributed by atoms with Crippen molar-refractivity contribution in [3.05, 3.63) is 76.3 Å². The van der Waals surface area contributed by atoms with Crippen LogP contribution in [0.15, 0.2) is 48.5 Å². The van der Waals surface area contributed by atoms with E-state index in [1.165, 1.54) is 10.7 Å². The van der Waals surface area contributed by atoms with E-state index in [9.17, 15) is 13.6 Å². The van der Waals surface area contributed by atoms with Crippen molar-refractivity contribution in [3.8, 4) is 5.88 Å². The predicted octanol–water partition coefficient (Wildman–Crippen LogP) is 4.17. The highest BCUT2D eigenvalue weighted by atomic mass is 35.5. The number of rotatable bonds is 9. The molecule has 0 bridgehead atoms. The molecular weight excluding hydrogens is 492 g/mol. The molecule has 1 aliphatic rings. The molecule has 2 heterocycles. The van der Waals surface area contributed by atoms with Crippen molar-refractivity contribution in [2.75, 3.05) is 38.7 Å². The number of amides is 2. The lowest BCUT2D eigenvalue weighted by molar-refractivity contribution is 0.159. The topological polar surface area (TPSA) is 80.7 Å². The number of nitrogens with zero attached hydrogens (tertiary/aromatic N) is 3. The van der Waals surface area contributed by atoms with Crippen LogP contribution < -0.4 is 15.4 Å². The zero-order valence-electron chi connectivity index (χ0n) is 20.0. The first-order valence-electron chi connectivity index (χ1n) is 11.5. The Kier molecular flexibility index (Phi) is 8.40. The lowest BCUT2D eigenvalue weighted by atomic mass is 9.94. The molecule has 2 aromatic carbocycles. The van der Waals surface area contributed by atoms with Crippen molar-refractivity contribution in [1.29, 1.82) is 0 Å². The Hall–Kier alpha value is -3.21. The monoisotopic (exact) mass is 519 g/mol. The molecule has 1 aromatic heterocycles. The molecule has 1 saturated heterocycles. The Morgan fingerprint density at radius 1 is 1.17 bits per heavy atom. The maximum Gasteiger partial charge on any atom is 0.320 e. The second kappa shape index (κ2) is 11.7. The van der Waals surface area contributed by atoms with E-state index in [0.29, 0.717) is 31.8 Å². The number of hydrogen-bond acceptors (Lipinski definition) is 5. The van der Waals surface area contributed by atoms with Crippen LogP contribution in [0.25, 0.3) is 0 Å². The van der Waals surface area contributed by atoms with Crippen molar-refractivity contribution >= 4 is 23.4 Å². The summed E-state index contributed by atoms with van der Waals surface area (Å²) in [6.45, 7) is 2.51. The summed E-state index contributed by atoms with van der Waals surface area (Å²) in [4.78, 5) is 15.0. The normalized spacial score (nSPS) is 17.8. The maximum absolute atomic E-state index is 13.9. The van der Waals surface area contributed by atoms with E-state index in [4.69, 9.17) is 21.1 Å². The first kappa shape index (κ1) is 25.9. The van der Waals surface area contributed by atoms with E-state index in [1.54, 1.807) is 20.2 Å². The van der Waals surface area contributed by atoms with Gasteiger partial charge in [-0.25, -0.2) is 18.3 Å². The van der Waals surface area contributed by atoms with Crippen molar-refractivity contribution < 1.29 is 23.0 Å². The summed E-state index contributed by atoms with van der Waals surface area (Å²) < 4.78 is 39.7. The quantitative estimate of drug-likeness (QED) is 0.443. The first-order valence-corrected chi connectivity index (χ1v) is 11.9. The SMILES string of the molecule is COCCN1CC(NC(=O)Nc2c(Cl)c(OCc3ccccc3)nn2C)C(c2ccc(F)c(F)c2)C1. The third kappa shape index (κ3) is 6.13. The smallest absolute Gasteiger partial charge is 0.320 e. The molecule has 8 nitrogen and oxygen atoms in total. The Labute approximate surface area is 213 Å². The Morgan fingerprint density at radius 3 is 2.67 bits per heavy atom. The molecule has 2 atom stereocenters. The second-order valence-corrected chi connectivity index (χ2v) is 8.98. The fourth-order valence-electron chi connectivity index (χ4n) is 4.25. The highest BCUT2D eigenvalue weighted by Crippen LogP contribution is 2.32. The molecule has 0 radical (unpaired) electrons. The number of methoxy groups -OCH3 is 1. The Morgan fingerprint density at radius 2 is 1.94 bits per heavy atom. The van der Waals surface area contributed by atoms with E-state index in [-0.39, 0.29) is 35.3 Å². The maximum atomic E-state index is 13.9. The molecule has 192 valence electrons. The van der Waals surface area contributed by atoms with Crippen LogP contribution in [0.3, 0.4) is 0 Å². The molecule has 0 saturated carbocycles. The summed E-state index contributed by atoms with van der Waals surface area (Å²) in [6.07, 6.45) is 0. The van der Waals surface area contributed by atoms with Crippen molar-refractivity contribution in [1.82, 2.24) is 20.0 Å². The Bertz CT molecular complexity index is 1190. The van der Waals surface area contributed by atoms with Gasteiger partial charge in [-0.2, -0.15) is 0 Å². The summed E-state index contributed by atoms with van der Waals surface area (Å²) in [7, 11) is 3.25. The van der Waals surface area contributed by atoms with Gasteiger partial charge in [-0.1, -0.05) is 48.0 Å². The van der Waals surface area contributed by atoms with Gasteiger partial charge in [0, 0.05) is 39.7 Å². The van der Waals surface area contributed by atoms with Crippen LogP contribution in [-0.4, -0.2) is 60.1 Å². The molecule has 1 aliphatic heterocycles. The number of carbonyl (C=O) groups is 1. The van der Waals surface area contributed by atoms with Crippen LogP contribution in [0, 0.1) is 11.6 Å². The van der Waals surface area contributed by atoms with Crippen LogP contribution in [0.2, 0.25) is 5.02 Å². The number of aromatic nitrogens is 2. The second-order valence-electron chi connectivity index (χ2n) is 8.60. The van der Waals surface area contributed by atoms with Crippen LogP contribution in [-0.2, 0) is 18.4 Å². The third-order valence-electron chi connectivity index (χ3n) is 6.11. The van der Waals surface area contributed by atoms with Gasteiger partial charge in [-0.05, 0) is 23.3 Å². The van der Waals surface area contributed by atoms with Crippen molar-refractivity contribution in [3.63, 3.8) is 0 Å². The summed E-state index contributed by atoms with van der Waals surface area (Å²) in [6, 6.07) is 12.5. The van der Waals surface area contributed by atoms with Crippen molar-refractivity contribution in [2.24, 2.45) is 7.05 Å². The summed E-state index contributed by atoms with van der Waals surface area (Å²) in [5.74, 6) is -1.60. The molecule has 2 unspecified atom stereocenters. The average molecular weight is 520 g/mol. The molecule has 3 aromatic rings. The van der Waals surface area contributed by atoms with Gasteiger partial charge in [0.05, 0.1) is 12.6 Å². The number of aryl methyl sites for hydroxylation is 1. The number of hydrogen-bond donors (Lipinski definition) is 2. The van der Waals surface area contributed by atoms with Gasteiger partial charge >= 0.3 is 6.03 Å².